The number of alkyl carbamates (subject to hydrolysis) is 1. The Morgan fingerprint density at radius 2 is 1.90 bits per heavy atom. The molecule has 1 atom stereocenters. The van der Waals surface area contributed by atoms with Crippen LogP contribution < -0.4 is 20.3 Å². The molecule has 0 saturated heterocycles. The molecule has 0 unspecified atom stereocenters. The number of cyclic esters (lactones) is 1. The zero-order valence-corrected chi connectivity index (χ0v) is 23.6. The molecule has 6 rings (SSSR count). The number of nitrogens with zero attached hydrogens (tertiary/aromatic N) is 3. The average Bonchev–Trinajstić information content (AvgIpc) is 3.28. The molecule has 3 aliphatic rings. The maximum absolute atomic E-state index is 15.1. The number of hydrogen-bond acceptors (Lipinski definition) is 9. The van der Waals surface area contributed by atoms with E-state index >= 15 is 4.39 Å². The highest BCUT2D eigenvalue weighted by atomic mass is 19.1. The van der Waals surface area contributed by atoms with Crippen LogP contribution >= 0.6 is 0 Å². The molecule has 2 aromatic heterocycles. The topological polar surface area (TPSA) is 121 Å². The Hall–Kier alpha value is -4.19. The number of amides is 1. The predicted molar refractivity (Wildman–Crippen MR) is 145 cm³/mol. The molecule has 0 fully saturated rings. The number of benzene rings is 1. The monoisotopic (exact) mass is 566 g/mol. The number of nitrogens with one attached hydrogen (secondary N) is 1. The number of aromatic nitrogens is 2. The summed E-state index contributed by atoms with van der Waals surface area (Å²) in [5, 5.41) is 3.27. The van der Waals surface area contributed by atoms with Gasteiger partial charge in [0.2, 0.25) is 5.60 Å². The van der Waals surface area contributed by atoms with Crippen LogP contribution in [0.1, 0.15) is 49.4 Å². The molecule has 0 bridgehead atoms. The largest absolute Gasteiger partial charge is 0.485 e. The van der Waals surface area contributed by atoms with Crippen LogP contribution in [0.2, 0.25) is 0 Å². The second-order valence-electron chi connectivity index (χ2n) is 11.0. The van der Waals surface area contributed by atoms with Crippen molar-refractivity contribution >= 4 is 23.0 Å². The van der Waals surface area contributed by atoms with E-state index in [1.807, 2.05) is 19.0 Å². The molecule has 12 heteroatoms. The van der Waals surface area contributed by atoms with Gasteiger partial charge in [0.25, 0.3) is 5.56 Å². The van der Waals surface area contributed by atoms with Gasteiger partial charge in [0.1, 0.15) is 19.8 Å². The zero-order valence-electron chi connectivity index (χ0n) is 23.6. The third-order valence-electron chi connectivity index (χ3n) is 7.65. The summed E-state index contributed by atoms with van der Waals surface area (Å²) in [5.41, 5.74) is 1.21. The Labute approximate surface area is 235 Å². The first-order valence-corrected chi connectivity index (χ1v) is 13.6. The van der Waals surface area contributed by atoms with Crippen LogP contribution in [0.3, 0.4) is 0 Å². The summed E-state index contributed by atoms with van der Waals surface area (Å²) in [4.78, 5) is 46.6. The molecule has 0 radical (unpaired) electrons. The average molecular weight is 567 g/mol. The van der Waals surface area contributed by atoms with Gasteiger partial charge < -0.3 is 33.7 Å². The number of halogens is 1. The predicted octanol–water partition coefficient (Wildman–Crippen LogP) is 3.19. The zero-order chi connectivity index (χ0) is 29.2. The molecule has 3 aliphatic heterocycles. The third kappa shape index (κ3) is 4.11. The molecule has 0 saturated carbocycles. The van der Waals surface area contributed by atoms with Gasteiger partial charge in [-0.3, -0.25) is 4.79 Å². The number of rotatable bonds is 5. The standard InChI is InChI=1S/C29H31FN4O7/c1-6-29(41-28(37)31-14(2)3)18-9-21-23-16(12-34(21)26(35)17(18)13-40-27(29)36)15(11-33(4)5)22-20(32-23)10-19(30)24-25(22)39-8-7-38-24/h9-10,14H,6-8,11-13H2,1-5H3,(H,31,37)/t29-/m0/s1. The molecular formula is C29H31FN4O7. The summed E-state index contributed by atoms with van der Waals surface area (Å²) in [6.45, 7) is 6.15. The van der Waals surface area contributed by atoms with Crippen LogP contribution in [0.5, 0.6) is 11.5 Å². The van der Waals surface area contributed by atoms with Crippen LogP contribution in [-0.4, -0.2) is 59.9 Å². The summed E-state index contributed by atoms with van der Waals surface area (Å²) in [6.07, 6.45) is -0.751. The van der Waals surface area contributed by atoms with E-state index in [0.29, 0.717) is 34.6 Å². The summed E-state index contributed by atoms with van der Waals surface area (Å²) >= 11 is 0. The molecule has 1 amide bonds. The molecule has 216 valence electrons. The molecule has 1 N–H and O–H groups in total. The molecule has 0 spiro atoms. The van der Waals surface area contributed by atoms with Gasteiger partial charge >= 0.3 is 12.1 Å². The van der Waals surface area contributed by atoms with E-state index in [1.54, 1.807) is 31.4 Å². The van der Waals surface area contributed by atoms with E-state index in [-0.39, 0.29) is 61.3 Å². The molecule has 3 aromatic rings. The number of carbonyl (C=O) groups excluding carboxylic acids is 2. The van der Waals surface area contributed by atoms with Crippen molar-refractivity contribution in [3.05, 3.63) is 50.6 Å². The molecule has 1 aromatic carbocycles. The lowest BCUT2D eigenvalue weighted by atomic mass is 9.85. The van der Waals surface area contributed by atoms with Gasteiger partial charge in [0, 0.05) is 29.8 Å². The highest BCUT2D eigenvalue weighted by molar-refractivity contribution is 5.95. The Kier molecular flexibility index (Phi) is 6.40. The Bertz CT molecular complexity index is 1680. The molecule has 41 heavy (non-hydrogen) atoms. The quantitative estimate of drug-likeness (QED) is 0.363. The van der Waals surface area contributed by atoms with E-state index < -0.39 is 23.5 Å². The van der Waals surface area contributed by atoms with Crippen LogP contribution in [-0.2, 0) is 39.6 Å². The summed E-state index contributed by atoms with van der Waals surface area (Å²) in [5.74, 6) is -0.989. The van der Waals surface area contributed by atoms with E-state index in [9.17, 15) is 14.4 Å². The van der Waals surface area contributed by atoms with E-state index in [4.69, 9.17) is 23.9 Å². The summed E-state index contributed by atoms with van der Waals surface area (Å²) in [6, 6.07) is 2.76. The molecule has 5 heterocycles. The van der Waals surface area contributed by atoms with Crippen molar-refractivity contribution in [1.29, 1.82) is 0 Å². The minimum Gasteiger partial charge on any atom is -0.485 e. The molecule has 11 nitrogen and oxygen atoms in total. The number of fused-ring (bicyclic) bond motifs is 7. The first-order chi connectivity index (χ1) is 19.6. The number of ether oxygens (including phenoxy) is 4. The van der Waals surface area contributed by atoms with E-state index in [0.717, 1.165) is 11.1 Å². The number of hydrogen-bond donors (Lipinski definition) is 1. The molecule has 0 aliphatic carbocycles. The lowest BCUT2D eigenvalue weighted by molar-refractivity contribution is -0.172. The van der Waals surface area contributed by atoms with Crippen LogP contribution in [0.25, 0.3) is 22.3 Å². The van der Waals surface area contributed by atoms with Crippen LogP contribution in [0.15, 0.2) is 16.9 Å². The van der Waals surface area contributed by atoms with E-state index in [2.05, 4.69) is 5.32 Å². The Morgan fingerprint density at radius 1 is 1.17 bits per heavy atom. The van der Waals surface area contributed by atoms with E-state index in [1.165, 1.54) is 6.07 Å². The minimum absolute atomic E-state index is 0.0474. The van der Waals surface area contributed by atoms with Crippen LogP contribution in [0, 0.1) is 5.82 Å². The first kappa shape index (κ1) is 27.0. The van der Waals surface area contributed by atoms with Crippen molar-refractivity contribution in [2.24, 2.45) is 0 Å². The number of esters is 1. The fourth-order valence-corrected chi connectivity index (χ4v) is 5.88. The second kappa shape index (κ2) is 9.72. The van der Waals surface area contributed by atoms with Gasteiger partial charge in [0.05, 0.1) is 34.4 Å². The highest BCUT2D eigenvalue weighted by Crippen LogP contribution is 2.46. The third-order valence-corrected chi connectivity index (χ3v) is 7.65. The maximum atomic E-state index is 15.1. The van der Waals surface area contributed by atoms with Crippen molar-refractivity contribution in [3.8, 4) is 22.9 Å². The van der Waals surface area contributed by atoms with Crippen molar-refractivity contribution in [2.75, 3.05) is 27.3 Å². The number of carbonyl (C=O) groups is 2. The first-order valence-electron chi connectivity index (χ1n) is 13.6. The van der Waals surface area contributed by atoms with Gasteiger partial charge in [-0.05, 0) is 46.0 Å². The van der Waals surface area contributed by atoms with Crippen molar-refractivity contribution < 1.29 is 32.9 Å². The van der Waals surface area contributed by atoms with Crippen LogP contribution in [0.4, 0.5) is 9.18 Å². The summed E-state index contributed by atoms with van der Waals surface area (Å²) in [7, 11) is 3.83. The fraction of sp³-hybridized carbons (Fsp3) is 0.448. The van der Waals surface area contributed by atoms with Crippen molar-refractivity contribution in [1.82, 2.24) is 19.8 Å². The van der Waals surface area contributed by atoms with Gasteiger partial charge in [-0.15, -0.1) is 0 Å². The minimum atomic E-state index is -1.82. The summed E-state index contributed by atoms with van der Waals surface area (Å²) < 4.78 is 39.3. The van der Waals surface area contributed by atoms with Gasteiger partial charge in [-0.1, -0.05) is 6.92 Å². The van der Waals surface area contributed by atoms with Gasteiger partial charge in [-0.2, -0.15) is 0 Å². The van der Waals surface area contributed by atoms with Gasteiger partial charge in [0.15, 0.2) is 17.3 Å². The molecular weight excluding hydrogens is 535 g/mol. The van der Waals surface area contributed by atoms with Crippen molar-refractivity contribution in [3.63, 3.8) is 0 Å². The lowest BCUT2D eigenvalue weighted by Gasteiger charge is -2.35. The fourth-order valence-electron chi connectivity index (χ4n) is 5.88. The number of pyridine rings is 2. The highest BCUT2D eigenvalue weighted by Gasteiger charge is 2.50. The Morgan fingerprint density at radius 3 is 2.59 bits per heavy atom. The normalized spacial score (nSPS) is 18.7. The Balaban J connectivity index is 1.60. The smallest absolute Gasteiger partial charge is 0.408 e. The van der Waals surface area contributed by atoms with Crippen molar-refractivity contribution in [2.45, 2.75) is 58.5 Å². The van der Waals surface area contributed by atoms with Gasteiger partial charge in [-0.25, -0.2) is 19.0 Å². The second-order valence-corrected chi connectivity index (χ2v) is 11.0. The maximum Gasteiger partial charge on any atom is 0.408 e. The SMILES string of the molecule is CC[C@@]1(OC(=O)NC(C)C)C(=O)OCc2c1cc1n(c2=O)Cc2c-1nc1cc(F)c3c(c1c2CN(C)C)OCCO3. The lowest BCUT2D eigenvalue weighted by Crippen LogP contribution is -2.49.